The van der Waals surface area contributed by atoms with Crippen LogP contribution in [0, 0.1) is 0 Å². The molecule has 0 aliphatic carbocycles. The quantitative estimate of drug-likeness (QED) is 0.337. The number of fused-ring (bicyclic) bond motifs is 1. The van der Waals surface area contributed by atoms with E-state index in [2.05, 4.69) is 38.9 Å². The molecule has 1 aliphatic heterocycles. The second-order valence-electron chi connectivity index (χ2n) is 9.28. The molecule has 0 saturated carbocycles. The lowest BCUT2D eigenvalue weighted by molar-refractivity contribution is 0.0952. The predicted octanol–water partition coefficient (Wildman–Crippen LogP) is 5.06. The van der Waals surface area contributed by atoms with Crippen LogP contribution in [-0.2, 0) is 13.0 Å². The summed E-state index contributed by atoms with van der Waals surface area (Å²) >= 11 is 0. The molecule has 180 valence electrons. The Balaban J connectivity index is 1.32. The minimum absolute atomic E-state index is 0.0568. The number of aromatic hydroxyl groups is 1. The molecule has 2 aromatic heterocycles. The first-order valence-corrected chi connectivity index (χ1v) is 12.5. The van der Waals surface area contributed by atoms with Crippen molar-refractivity contribution >= 4 is 11.6 Å². The number of pyridine rings is 1. The lowest BCUT2D eigenvalue weighted by atomic mass is 10.1. The number of aromatic nitrogens is 2. The smallest absolute Gasteiger partial charge is 0.252 e. The van der Waals surface area contributed by atoms with Crippen molar-refractivity contribution in [1.82, 2.24) is 19.6 Å². The van der Waals surface area contributed by atoms with Crippen molar-refractivity contribution in [1.29, 1.82) is 0 Å². The number of aryl methyl sites for hydroxylation is 1. The van der Waals surface area contributed by atoms with Crippen molar-refractivity contribution in [2.24, 2.45) is 0 Å². The van der Waals surface area contributed by atoms with Gasteiger partial charge in [-0.25, -0.2) is 4.98 Å². The number of imidazole rings is 1. The summed E-state index contributed by atoms with van der Waals surface area (Å²) in [6.45, 7) is 3.59. The van der Waals surface area contributed by atoms with Gasteiger partial charge in [0.25, 0.3) is 5.91 Å². The number of rotatable bonds is 9. The maximum Gasteiger partial charge on any atom is 0.252 e. The maximum atomic E-state index is 12.9. The third-order valence-corrected chi connectivity index (χ3v) is 6.71. The maximum absolute atomic E-state index is 12.9. The Morgan fingerprint density at radius 1 is 0.943 bits per heavy atom. The van der Waals surface area contributed by atoms with Gasteiger partial charge >= 0.3 is 0 Å². The predicted molar refractivity (Wildman–Crippen MR) is 139 cm³/mol. The first kappa shape index (κ1) is 23.1. The molecule has 0 unspecified atom stereocenters. The molecule has 0 radical (unpaired) electrons. The molecule has 0 spiro atoms. The SMILES string of the molecule is O=C(NCCCCc1ccccc1)c1ccc2nc(-c3ccc(O)cc3)c(CN3CCCC3)n2c1. The molecule has 0 atom stereocenters. The Hall–Kier alpha value is -3.64. The average Bonchev–Trinajstić information content (AvgIpc) is 3.53. The summed E-state index contributed by atoms with van der Waals surface area (Å²) in [7, 11) is 0. The van der Waals surface area contributed by atoms with E-state index in [1.54, 1.807) is 12.1 Å². The molecule has 1 aliphatic rings. The molecule has 0 bridgehead atoms. The number of carbonyl (C=O) groups excluding carboxylic acids is 1. The number of unbranched alkanes of at least 4 members (excludes halogenated alkanes) is 1. The summed E-state index contributed by atoms with van der Waals surface area (Å²) in [5.74, 6) is 0.181. The summed E-state index contributed by atoms with van der Waals surface area (Å²) in [6, 6.07) is 21.4. The molecule has 35 heavy (non-hydrogen) atoms. The molecule has 4 aromatic rings. The zero-order valence-corrected chi connectivity index (χ0v) is 20.0. The summed E-state index contributed by atoms with van der Waals surface area (Å²) in [5.41, 5.74) is 5.73. The minimum Gasteiger partial charge on any atom is -0.508 e. The van der Waals surface area contributed by atoms with E-state index in [-0.39, 0.29) is 11.7 Å². The van der Waals surface area contributed by atoms with Crippen molar-refractivity contribution in [2.45, 2.75) is 38.6 Å². The van der Waals surface area contributed by atoms with E-state index in [0.717, 1.165) is 61.5 Å². The van der Waals surface area contributed by atoms with E-state index in [9.17, 15) is 9.90 Å². The van der Waals surface area contributed by atoms with Gasteiger partial charge in [0.05, 0.1) is 17.0 Å². The van der Waals surface area contributed by atoms with E-state index in [4.69, 9.17) is 4.98 Å². The van der Waals surface area contributed by atoms with E-state index in [0.29, 0.717) is 12.1 Å². The van der Waals surface area contributed by atoms with Crippen molar-refractivity contribution in [3.8, 4) is 17.0 Å². The Morgan fingerprint density at radius 3 is 2.49 bits per heavy atom. The largest absolute Gasteiger partial charge is 0.508 e. The van der Waals surface area contributed by atoms with Crippen LogP contribution in [-0.4, -0.2) is 44.9 Å². The van der Waals surface area contributed by atoms with Crippen LogP contribution in [0.1, 0.15) is 47.3 Å². The standard InChI is InChI=1S/C29H32N4O2/c34-25-14-11-23(12-15-25)28-26(21-32-18-6-7-19-32)33-20-24(13-16-27(33)31-28)29(35)30-17-5-4-10-22-8-2-1-3-9-22/h1-3,8-9,11-16,20,34H,4-7,10,17-19,21H2,(H,30,35). The van der Waals surface area contributed by atoms with Crippen molar-refractivity contribution in [3.05, 3.63) is 89.7 Å². The summed E-state index contributed by atoms with van der Waals surface area (Å²) in [5, 5.41) is 12.8. The summed E-state index contributed by atoms with van der Waals surface area (Å²) < 4.78 is 2.06. The first-order chi connectivity index (χ1) is 17.2. The third kappa shape index (κ3) is 5.54. The molecular weight excluding hydrogens is 436 g/mol. The number of phenols is 1. The monoisotopic (exact) mass is 468 g/mol. The third-order valence-electron chi connectivity index (χ3n) is 6.71. The van der Waals surface area contributed by atoms with Crippen molar-refractivity contribution in [2.75, 3.05) is 19.6 Å². The molecule has 2 N–H and O–H groups in total. The molecular formula is C29H32N4O2. The lowest BCUT2D eigenvalue weighted by Crippen LogP contribution is -2.25. The number of carbonyl (C=O) groups is 1. The van der Waals surface area contributed by atoms with E-state index < -0.39 is 0 Å². The van der Waals surface area contributed by atoms with Crippen molar-refractivity contribution < 1.29 is 9.90 Å². The highest BCUT2D eigenvalue weighted by Crippen LogP contribution is 2.28. The molecule has 1 fully saturated rings. The first-order valence-electron chi connectivity index (χ1n) is 12.5. The van der Waals surface area contributed by atoms with Gasteiger partial charge in [0.2, 0.25) is 0 Å². The van der Waals surface area contributed by atoms with Crippen LogP contribution in [0.15, 0.2) is 72.9 Å². The topological polar surface area (TPSA) is 69.9 Å². The van der Waals surface area contributed by atoms with Gasteiger partial charge in [0.1, 0.15) is 11.4 Å². The van der Waals surface area contributed by atoms with Crippen LogP contribution < -0.4 is 5.32 Å². The van der Waals surface area contributed by atoms with Crippen LogP contribution in [0.5, 0.6) is 5.75 Å². The fourth-order valence-corrected chi connectivity index (χ4v) is 4.78. The second kappa shape index (κ2) is 10.7. The Bertz CT molecular complexity index is 1280. The number of benzene rings is 2. The van der Waals surface area contributed by atoms with Gasteiger partial charge in [-0.05, 0) is 87.2 Å². The van der Waals surface area contributed by atoms with Gasteiger partial charge in [-0.15, -0.1) is 0 Å². The fraction of sp³-hybridized carbons (Fsp3) is 0.310. The highest BCUT2D eigenvalue weighted by Gasteiger charge is 2.20. The number of amides is 1. The minimum atomic E-state index is -0.0568. The molecule has 6 nitrogen and oxygen atoms in total. The Labute approximate surface area is 206 Å². The molecule has 2 aromatic carbocycles. The Morgan fingerprint density at radius 2 is 1.71 bits per heavy atom. The fourth-order valence-electron chi connectivity index (χ4n) is 4.78. The van der Waals surface area contributed by atoms with Crippen molar-refractivity contribution in [3.63, 3.8) is 0 Å². The summed E-state index contributed by atoms with van der Waals surface area (Å²) in [4.78, 5) is 20.2. The highest BCUT2D eigenvalue weighted by molar-refractivity contribution is 5.94. The number of nitrogens with one attached hydrogen (secondary N) is 1. The zero-order chi connectivity index (χ0) is 24.0. The number of phenolic OH excluding ortho intramolecular Hbond substituents is 1. The van der Waals surface area contributed by atoms with Gasteiger partial charge in [0.15, 0.2) is 0 Å². The summed E-state index contributed by atoms with van der Waals surface area (Å²) in [6.07, 6.45) is 7.35. The van der Waals surface area contributed by atoms with Gasteiger partial charge in [0, 0.05) is 24.8 Å². The van der Waals surface area contributed by atoms with Crippen LogP contribution in [0.25, 0.3) is 16.9 Å². The number of nitrogens with zero attached hydrogens (tertiary/aromatic N) is 3. The van der Waals surface area contributed by atoms with E-state index >= 15 is 0 Å². The van der Waals surface area contributed by atoms with Gasteiger partial charge in [-0.1, -0.05) is 30.3 Å². The second-order valence-corrected chi connectivity index (χ2v) is 9.28. The van der Waals surface area contributed by atoms with Gasteiger partial charge in [-0.2, -0.15) is 0 Å². The molecule has 6 heteroatoms. The highest BCUT2D eigenvalue weighted by atomic mass is 16.3. The van der Waals surface area contributed by atoms with Gasteiger partial charge in [-0.3, -0.25) is 9.69 Å². The van der Waals surface area contributed by atoms with Crippen LogP contribution in [0.2, 0.25) is 0 Å². The number of hydrogen-bond acceptors (Lipinski definition) is 4. The number of likely N-dealkylation sites (tertiary alicyclic amines) is 1. The van der Waals surface area contributed by atoms with Crippen LogP contribution in [0.4, 0.5) is 0 Å². The molecule has 1 amide bonds. The zero-order valence-electron chi connectivity index (χ0n) is 20.0. The van der Waals surface area contributed by atoms with E-state index in [1.807, 2.05) is 36.5 Å². The van der Waals surface area contributed by atoms with Crippen LogP contribution >= 0.6 is 0 Å². The van der Waals surface area contributed by atoms with Gasteiger partial charge < -0.3 is 14.8 Å². The molecule has 5 rings (SSSR count). The molecule has 3 heterocycles. The van der Waals surface area contributed by atoms with E-state index in [1.165, 1.54) is 18.4 Å². The number of hydrogen-bond donors (Lipinski definition) is 2. The Kier molecular flexibility index (Phi) is 7.09. The normalized spacial score (nSPS) is 13.9. The average molecular weight is 469 g/mol. The van der Waals surface area contributed by atoms with Crippen LogP contribution in [0.3, 0.4) is 0 Å². The lowest BCUT2D eigenvalue weighted by Gasteiger charge is -2.16. The molecule has 1 saturated heterocycles.